The lowest BCUT2D eigenvalue weighted by Crippen LogP contribution is -2.47. The van der Waals surface area contributed by atoms with Gasteiger partial charge in [-0.15, -0.1) is 0 Å². The summed E-state index contributed by atoms with van der Waals surface area (Å²) in [5.74, 6) is -1.70. The first-order chi connectivity index (χ1) is 14.1. The van der Waals surface area contributed by atoms with Gasteiger partial charge in [0.15, 0.2) is 0 Å². The first kappa shape index (κ1) is 23.4. The van der Waals surface area contributed by atoms with Crippen LogP contribution in [0.4, 0.5) is 15.9 Å². The second-order valence-electron chi connectivity index (χ2n) is 7.27. The number of halogens is 1. The number of pyridine rings is 1. The molecule has 30 heavy (non-hydrogen) atoms. The zero-order valence-corrected chi connectivity index (χ0v) is 17.7. The van der Waals surface area contributed by atoms with Crippen LogP contribution in [0.2, 0.25) is 0 Å². The van der Waals surface area contributed by atoms with Gasteiger partial charge in [0.05, 0.1) is 33.8 Å². The molecule has 162 valence electrons. The van der Waals surface area contributed by atoms with Crippen LogP contribution in [0, 0.1) is 15.9 Å². The number of nitrogens with one attached hydrogen (secondary N) is 2. The van der Waals surface area contributed by atoms with Gasteiger partial charge in [0.2, 0.25) is 5.82 Å². The van der Waals surface area contributed by atoms with Crippen molar-refractivity contribution in [1.82, 2.24) is 9.71 Å². The molecule has 2 rings (SSSR count). The zero-order chi connectivity index (χ0) is 22.5. The van der Waals surface area contributed by atoms with Gasteiger partial charge < -0.3 is 10.1 Å². The smallest absolute Gasteiger partial charge is 0.330 e. The summed E-state index contributed by atoms with van der Waals surface area (Å²) in [6.45, 7) is 5.12. The molecule has 0 unspecified atom stereocenters. The van der Waals surface area contributed by atoms with Crippen molar-refractivity contribution >= 4 is 28.5 Å². The Balaban J connectivity index is 2.57. The van der Waals surface area contributed by atoms with E-state index in [9.17, 15) is 23.5 Å². The molecule has 0 saturated carbocycles. The molecule has 0 aliphatic rings. The average Bonchev–Trinajstić information content (AvgIpc) is 2.69. The van der Waals surface area contributed by atoms with Gasteiger partial charge in [-0.25, -0.2) is 23.1 Å². The molecule has 0 amide bonds. The predicted octanol–water partition coefficient (Wildman–Crippen LogP) is 2.88. The van der Waals surface area contributed by atoms with Crippen molar-refractivity contribution in [2.75, 3.05) is 12.4 Å². The predicted molar refractivity (Wildman–Crippen MR) is 110 cm³/mol. The number of carbonyl (C=O) groups is 1. The Bertz CT molecular complexity index is 951. The van der Waals surface area contributed by atoms with Crippen LogP contribution in [0.15, 0.2) is 42.6 Å². The summed E-state index contributed by atoms with van der Waals surface area (Å²) in [4.78, 5) is 27.2. The minimum absolute atomic E-state index is 0.0385. The molecule has 3 atom stereocenters. The number of rotatable bonds is 8. The summed E-state index contributed by atoms with van der Waals surface area (Å²) < 4.78 is 34.3. The monoisotopic (exact) mass is 438 g/mol. The Hall–Kier alpha value is -2.92. The maximum Gasteiger partial charge on any atom is 0.330 e. The number of esters is 1. The number of ether oxygens (including phenoxy) is 1. The van der Waals surface area contributed by atoms with Gasteiger partial charge in [-0.2, -0.15) is 0 Å². The van der Waals surface area contributed by atoms with Crippen LogP contribution in [0.3, 0.4) is 0 Å². The molecule has 0 spiro atoms. The highest BCUT2D eigenvalue weighted by Gasteiger charge is 2.37. The summed E-state index contributed by atoms with van der Waals surface area (Å²) in [6, 6.07) is 5.69. The Labute approximate surface area is 175 Å². The van der Waals surface area contributed by atoms with E-state index in [0.717, 1.165) is 7.11 Å². The summed E-state index contributed by atoms with van der Waals surface area (Å²) in [7, 11) is -0.578. The second kappa shape index (κ2) is 9.72. The van der Waals surface area contributed by atoms with Crippen LogP contribution in [-0.4, -0.2) is 38.0 Å². The number of methoxy groups -OCH3 is 1. The second-order valence-corrected chi connectivity index (χ2v) is 9.27. The van der Waals surface area contributed by atoms with Gasteiger partial charge in [-0.1, -0.05) is 18.2 Å². The molecule has 0 bridgehead atoms. The van der Waals surface area contributed by atoms with Gasteiger partial charge >= 0.3 is 11.7 Å². The highest BCUT2D eigenvalue weighted by molar-refractivity contribution is 7.84. The van der Waals surface area contributed by atoms with E-state index in [1.165, 1.54) is 36.5 Å². The standard InChI is InChI=1S/C19H23FN4O5S/c1-19(2,3)30(28)23-15(12-8-5-6-9-13(12)20)16(18(25)29-4)22-17-14(24(26)27)10-7-11-21-17/h5-11,15-16,23H,1-4H3,(H,21,22)/t15-,16-,30-/m1/s1. The molecule has 1 heterocycles. The first-order valence-electron chi connectivity index (χ1n) is 8.92. The number of aromatic nitrogens is 1. The number of nitrogens with zero attached hydrogens (tertiary/aromatic N) is 2. The van der Waals surface area contributed by atoms with Crippen LogP contribution in [-0.2, 0) is 20.5 Å². The van der Waals surface area contributed by atoms with Crippen LogP contribution in [0.25, 0.3) is 0 Å². The average molecular weight is 438 g/mol. The largest absolute Gasteiger partial charge is 0.467 e. The van der Waals surface area contributed by atoms with E-state index in [1.54, 1.807) is 26.8 Å². The molecule has 0 fully saturated rings. The van der Waals surface area contributed by atoms with E-state index in [4.69, 9.17) is 4.74 Å². The maximum absolute atomic E-state index is 14.6. The van der Waals surface area contributed by atoms with Gasteiger partial charge in [0.25, 0.3) is 0 Å². The van der Waals surface area contributed by atoms with Crippen molar-refractivity contribution < 1.29 is 23.1 Å². The Morgan fingerprint density at radius 1 is 1.27 bits per heavy atom. The van der Waals surface area contributed by atoms with Crippen LogP contribution in [0.5, 0.6) is 0 Å². The summed E-state index contributed by atoms with van der Waals surface area (Å²) >= 11 is 0. The fraction of sp³-hybridized carbons (Fsp3) is 0.368. The number of anilines is 1. The fourth-order valence-electron chi connectivity index (χ4n) is 2.54. The number of hydrogen-bond donors (Lipinski definition) is 2. The summed E-state index contributed by atoms with van der Waals surface area (Å²) in [5.41, 5.74) is -0.341. The highest BCUT2D eigenvalue weighted by Crippen LogP contribution is 2.28. The summed E-state index contributed by atoms with van der Waals surface area (Å²) in [6.07, 6.45) is 1.31. The molecule has 0 saturated heterocycles. The molecule has 9 nitrogen and oxygen atoms in total. The van der Waals surface area contributed by atoms with Crippen molar-refractivity contribution in [2.24, 2.45) is 0 Å². The molecule has 2 N–H and O–H groups in total. The van der Waals surface area contributed by atoms with Gasteiger partial charge in [0.1, 0.15) is 11.9 Å². The lowest BCUT2D eigenvalue weighted by molar-refractivity contribution is -0.384. The third-order valence-electron chi connectivity index (χ3n) is 4.09. The van der Waals surface area contributed by atoms with Crippen molar-refractivity contribution in [2.45, 2.75) is 37.6 Å². The number of benzene rings is 1. The zero-order valence-electron chi connectivity index (χ0n) is 16.9. The van der Waals surface area contributed by atoms with Crippen LogP contribution >= 0.6 is 0 Å². The molecule has 11 heteroatoms. The SMILES string of the molecule is COC(=O)[C@H](Nc1ncccc1[N+](=O)[O-])[C@H](N[S@](=O)C(C)(C)C)c1ccccc1F. The quantitative estimate of drug-likeness (QED) is 0.369. The van der Waals surface area contributed by atoms with Crippen LogP contribution < -0.4 is 10.0 Å². The van der Waals surface area contributed by atoms with Crippen molar-refractivity contribution in [1.29, 1.82) is 0 Å². The molecular formula is C19H23FN4O5S. The van der Waals surface area contributed by atoms with Gasteiger partial charge in [-0.05, 0) is 32.9 Å². The van der Waals surface area contributed by atoms with E-state index in [1.807, 2.05) is 0 Å². The molecule has 1 aromatic heterocycles. The number of carbonyl (C=O) groups excluding carboxylic acids is 1. The number of nitro groups is 1. The highest BCUT2D eigenvalue weighted by atomic mass is 32.2. The molecule has 2 aromatic rings. The lowest BCUT2D eigenvalue weighted by Gasteiger charge is -2.30. The normalized spacial score (nSPS) is 14.4. The molecule has 0 radical (unpaired) electrons. The van der Waals surface area contributed by atoms with Crippen molar-refractivity contribution in [3.05, 3.63) is 64.1 Å². The van der Waals surface area contributed by atoms with E-state index in [2.05, 4.69) is 15.0 Å². The van der Waals surface area contributed by atoms with Gasteiger partial charge in [-0.3, -0.25) is 10.1 Å². The van der Waals surface area contributed by atoms with E-state index >= 15 is 0 Å². The molecule has 0 aliphatic carbocycles. The summed E-state index contributed by atoms with van der Waals surface area (Å²) in [5, 5.41) is 14.0. The number of hydrogen-bond acceptors (Lipinski definition) is 7. The van der Waals surface area contributed by atoms with E-state index in [0.29, 0.717) is 0 Å². The van der Waals surface area contributed by atoms with Crippen molar-refractivity contribution in [3.8, 4) is 0 Å². The van der Waals surface area contributed by atoms with Crippen LogP contribution in [0.1, 0.15) is 32.4 Å². The first-order valence-corrected chi connectivity index (χ1v) is 10.1. The molecule has 1 aromatic carbocycles. The molecular weight excluding hydrogens is 415 g/mol. The van der Waals surface area contributed by atoms with Gasteiger partial charge in [0, 0.05) is 17.8 Å². The third kappa shape index (κ3) is 5.57. The topological polar surface area (TPSA) is 123 Å². The lowest BCUT2D eigenvalue weighted by atomic mass is 9.99. The third-order valence-corrected chi connectivity index (χ3v) is 5.67. The van der Waals surface area contributed by atoms with E-state index in [-0.39, 0.29) is 17.1 Å². The Morgan fingerprint density at radius 2 is 1.93 bits per heavy atom. The minimum atomic E-state index is -1.71. The van der Waals surface area contributed by atoms with Crippen molar-refractivity contribution in [3.63, 3.8) is 0 Å². The Morgan fingerprint density at radius 3 is 2.50 bits per heavy atom. The maximum atomic E-state index is 14.6. The van der Waals surface area contributed by atoms with E-state index < -0.39 is 44.5 Å². The Kier molecular flexibility index (Phi) is 7.57. The minimum Gasteiger partial charge on any atom is -0.467 e. The fourth-order valence-corrected chi connectivity index (χ4v) is 3.39. The molecule has 0 aliphatic heterocycles.